The zero-order chi connectivity index (χ0) is 15.8. The number of amides is 1. The highest BCUT2D eigenvalue weighted by atomic mass is 35.5. The van der Waals surface area contributed by atoms with Crippen molar-refractivity contribution in [2.75, 3.05) is 25.6 Å². The number of nitrogens with one attached hydrogen (secondary N) is 2. The monoisotopic (exact) mass is 319 g/mol. The van der Waals surface area contributed by atoms with E-state index in [-0.39, 0.29) is 5.91 Å². The largest absolute Gasteiger partial charge is 0.385 e. The Kier molecular flexibility index (Phi) is 6.18. The zero-order valence-electron chi connectivity index (χ0n) is 12.3. The maximum atomic E-state index is 11.9. The average molecular weight is 320 g/mol. The molecule has 0 saturated carbocycles. The number of anilines is 2. The van der Waals surface area contributed by atoms with E-state index in [0.29, 0.717) is 23.9 Å². The van der Waals surface area contributed by atoms with E-state index in [1.807, 2.05) is 24.3 Å². The molecule has 0 aliphatic heterocycles. The van der Waals surface area contributed by atoms with Gasteiger partial charge in [0, 0.05) is 31.0 Å². The minimum atomic E-state index is -0.189. The van der Waals surface area contributed by atoms with Gasteiger partial charge in [0.05, 0.1) is 11.9 Å². The first-order valence-electron chi connectivity index (χ1n) is 6.95. The Morgan fingerprint density at radius 2 is 2.14 bits per heavy atom. The summed E-state index contributed by atoms with van der Waals surface area (Å²) in [4.78, 5) is 16.0. The number of nitrogens with zero attached hydrogens (tertiary/aromatic N) is 1. The lowest BCUT2D eigenvalue weighted by Crippen LogP contribution is -2.26. The molecule has 0 spiro atoms. The summed E-state index contributed by atoms with van der Waals surface area (Å²) in [7, 11) is 1.63. The summed E-state index contributed by atoms with van der Waals surface area (Å²) in [6.45, 7) is 1.19. The number of hydrogen-bond acceptors (Lipinski definition) is 4. The molecule has 0 saturated heterocycles. The Hall–Kier alpha value is -2.11. The van der Waals surface area contributed by atoms with Crippen molar-refractivity contribution in [2.24, 2.45) is 0 Å². The Balaban J connectivity index is 1.91. The van der Waals surface area contributed by atoms with Gasteiger partial charge in [-0.15, -0.1) is 0 Å². The summed E-state index contributed by atoms with van der Waals surface area (Å²) in [6.07, 6.45) is 2.39. The normalized spacial score (nSPS) is 10.3. The van der Waals surface area contributed by atoms with Crippen LogP contribution in [0.4, 0.5) is 11.4 Å². The minimum Gasteiger partial charge on any atom is -0.385 e. The van der Waals surface area contributed by atoms with Gasteiger partial charge in [0.1, 0.15) is 5.69 Å². The van der Waals surface area contributed by atoms with Crippen molar-refractivity contribution in [1.29, 1.82) is 0 Å². The third-order valence-electron chi connectivity index (χ3n) is 2.92. The highest BCUT2D eigenvalue weighted by Crippen LogP contribution is 2.19. The van der Waals surface area contributed by atoms with Crippen LogP contribution in [0, 0.1) is 0 Å². The molecule has 1 heterocycles. The maximum Gasteiger partial charge on any atom is 0.269 e. The number of halogens is 1. The SMILES string of the molecule is COCCCNC(=O)c1ccc(Nc2cccc(Cl)c2)cn1. The van der Waals surface area contributed by atoms with Crippen LogP contribution in [0.2, 0.25) is 5.02 Å². The number of carbonyl (C=O) groups is 1. The molecule has 5 nitrogen and oxygen atoms in total. The Bertz CT molecular complexity index is 617. The van der Waals surface area contributed by atoms with Crippen LogP contribution in [0.15, 0.2) is 42.6 Å². The van der Waals surface area contributed by atoms with Crippen LogP contribution in [0.5, 0.6) is 0 Å². The average Bonchev–Trinajstić information content (AvgIpc) is 2.52. The summed E-state index contributed by atoms with van der Waals surface area (Å²) in [5.74, 6) is -0.189. The van der Waals surface area contributed by atoms with Gasteiger partial charge in [0.15, 0.2) is 0 Å². The van der Waals surface area contributed by atoms with Gasteiger partial charge < -0.3 is 15.4 Å². The molecular formula is C16H18ClN3O2. The number of aromatic nitrogens is 1. The molecule has 0 atom stereocenters. The first kappa shape index (κ1) is 16.3. The molecule has 0 radical (unpaired) electrons. The van der Waals surface area contributed by atoms with Gasteiger partial charge in [0.2, 0.25) is 0 Å². The summed E-state index contributed by atoms with van der Waals surface area (Å²) < 4.78 is 4.93. The molecule has 1 aromatic heterocycles. The number of pyridine rings is 1. The lowest BCUT2D eigenvalue weighted by Gasteiger charge is -2.08. The molecular weight excluding hydrogens is 302 g/mol. The Labute approximate surface area is 134 Å². The van der Waals surface area contributed by atoms with Crippen LogP contribution < -0.4 is 10.6 Å². The second-order valence-corrected chi connectivity index (χ2v) is 5.11. The highest BCUT2D eigenvalue weighted by molar-refractivity contribution is 6.30. The Morgan fingerprint density at radius 3 is 2.82 bits per heavy atom. The van der Waals surface area contributed by atoms with E-state index < -0.39 is 0 Å². The second kappa shape index (κ2) is 8.36. The van der Waals surface area contributed by atoms with E-state index in [2.05, 4.69) is 15.6 Å². The summed E-state index contributed by atoms with van der Waals surface area (Å²) >= 11 is 5.93. The molecule has 22 heavy (non-hydrogen) atoms. The van der Waals surface area contributed by atoms with Crippen molar-refractivity contribution in [1.82, 2.24) is 10.3 Å². The van der Waals surface area contributed by atoms with E-state index in [1.54, 1.807) is 25.4 Å². The van der Waals surface area contributed by atoms with Gasteiger partial charge in [-0.05, 0) is 36.8 Å². The minimum absolute atomic E-state index is 0.189. The molecule has 116 valence electrons. The smallest absolute Gasteiger partial charge is 0.269 e. The standard InChI is InChI=1S/C16H18ClN3O2/c1-22-9-3-8-18-16(21)15-7-6-14(11-19-15)20-13-5-2-4-12(17)10-13/h2,4-7,10-11,20H,3,8-9H2,1H3,(H,18,21). The predicted molar refractivity (Wildman–Crippen MR) is 87.8 cm³/mol. The molecule has 1 amide bonds. The lowest BCUT2D eigenvalue weighted by molar-refractivity contribution is 0.0943. The quantitative estimate of drug-likeness (QED) is 0.769. The fourth-order valence-corrected chi connectivity index (χ4v) is 2.03. The van der Waals surface area contributed by atoms with E-state index in [0.717, 1.165) is 17.8 Å². The van der Waals surface area contributed by atoms with Gasteiger partial charge in [-0.2, -0.15) is 0 Å². The summed E-state index contributed by atoms with van der Waals surface area (Å²) in [5.41, 5.74) is 2.04. The van der Waals surface area contributed by atoms with Crippen molar-refractivity contribution in [3.05, 3.63) is 53.3 Å². The van der Waals surface area contributed by atoms with Crippen molar-refractivity contribution in [3.63, 3.8) is 0 Å². The molecule has 6 heteroatoms. The lowest BCUT2D eigenvalue weighted by atomic mass is 10.3. The number of hydrogen-bond donors (Lipinski definition) is 2. The molecule has 0 aliphatic rings. The van der Waals surface area contributed by atoms with Crippen LogP contribution in [0.1, 0.15) is 16.9 Å². The molecule has 1 aromatic carbocycles. The van der Waals surface area contributed by atoms with E-state index in [9.17, 15) is 4.79 Å². The molecule has 0 unspecified atom stereocenters. The summed E-state index contributed by atoms with van der Waals surface area (Å²) in [5, 5.41) is 6.62. The van der Waals surface area contributed by atoms with Gasteiger partial charge in [-0.1, -0.05) is 17.7 Å². The third kappa shape index (κ3) is 5.02. The van der Waals surface area contributed by atoms with Gasteiger partial charge in [0.25, 0.3) is 5.91 Å². The number of rotatable bonds is 7. The van der Waals surface area contributed by atoms with Crippen molar-refractivity contribution >= 4 is 28.9 Å². The van der Waals surface area contributed by atoms with E-state index >= 15 is 0 Å². The number of ether oxygens (including phenoxy) is 1. The molecule has 0 fully saturated rings. The van der Waals surface area contributed by atoms with Gasteiger partial charge in [-0.25, -0.2) is 4.98 Å². The van der Waals surface area contributed by atoms with Gasteiger partial charge >= 0.3 is 0 Å². The fraction of sp³-hybridized carbons (Fsp3) is 0.250. The topological polar surface area (TPSA) is 63.2 Å². The number of carbonyl (C=O) groups excluding carboxylic acids is 1. The zero-order valence-corrected chi connectivity index (χ0v) is 13.1. The van der Waals surface area contributed by atoms with Crippen LogP contribution >= 0.6 is 11.6 Å². The number of benzene rings is 1. The van der Waals surface area contributed by atoms with Crippen LogP contribution in [-0.2, 0) is 4.74 Å². The van der Waals surface area contributed by atoms with Crippen LogP contribution in [-0.4, -0.2) is 31.2 Å². The predicted octanol–water partition coefficient (Wildman–Crippen LogP) is 3.24. The second-order valence-electron chi connectivity index (χ2n) is 4.67. The molecule has 0 bridgehead atoms. The Morgan fingerprint density at radius 1 is 1.27 bits per heavy atom. The first-order chi connectivity index (χ1) is 10.7. The molecule has 2 N–H and O–H groups in total. The highest BCUT2D eigenvalue weighted by Gasteiger charge is 2.06. The molecule has 2 aromatic rings. The number of methoxy groups -OCH3 is 1. The van der Waals surface area contributed by atoms with E-state index in [1.165, 1.54) is 0 Å². The molecule has 0 aliphatic carbocycles. The van der Waals surface area contributed by atoms with Crippen LogP contribution in [0.3, 0.4) is 0 Å². The van der Waals surface area contributed by atoms with Crippen molar-refractivity contribution in [2.45, 2.75) is 6.42 Å². The first-order valence-corrected chi connectivity index (χ1v) is 7.32. The van der Waals surface area contributed by atoms with Crippen LogP contribution in [0.25, 0.3) is 0 Å². The maximum absolute atomic E-state index is 11.9. The summed E-state index contributed by atoms with van der Waals surface area (Å²) in [6, 6.07) is 10.9. The van der Waals surface area contributed by atoms with Crippen molar-refractivity contribution < 1.29 is 9.53 Å². The fourth-order valence-electron chi connectivity index (χ4n) is 1.84. The van der Waals surface area contributed by atoms with Gasteiger partial charge in [-0.3, -0.25) is 4.79 Å². The van der Waals surface area contributed by atoms with Crippen molar-refractivity contribution in [3.8, 4) is 0 Å². The third-order valence-corrected chi connectivity index (χ3v) is 3.16. The molecule has 2 rings (SSSR count). The van der Waals surface area contributed by atoms with E-state index in [4.69, 9.17) is 16.3 Å².